The largest absolute Gasteiger partial charge is 0.493 e. The summed E-state index contributed by atoms with van der Waals surface area (Å²) in [6.45, 7) is 7.76. The maximum absolute atomic E-state index is 12.2. The molecule has 140 valence electrons. The molecule has 0 N–H and O–H groups in total. The maximum atomic E-state index is 12.2. The lowest BCUT2D eigenvalue weighted by atomic mass is 10.2. The Kier molecular flexibility index (Phi) is 8.04. The Morgan fingerprint density at radius 3 is 1.96 bits per heavy atom. The number of nitrogens with zero attached hydrogens (tertiary/aromatic N) is 2. The van der Waals surface area contributed by atoms with Crippen molar-refractivity contribution < 1.29 is 23.8 Å². The lowest BCUT2D eigenvalue weighted by molar-refractivity contribution is -0.139. The first kappa shape index (κ1) is 20.6. The van der Waals surface area contributed by atoms with Gasteiger partial charge in [-0.25, -0.2) is 0 Å². The smallest absolute Gasteiger partial charge is 0.263 e. The zero-order valence-electron chi connectivity index (χ0n) is 16.0. The average Bonchev–Trinajstić information content (AvgIpc) is 2.56. The van der Waals surface area contributed by atoms with Gasteiger partial charge in [-0.05, 0) is 39.8 Å². The van der Waals surface area contributed by atoms with Crippen LogP contribution in [0.25, 0.3) is 0 Å². The van der Waals surface area contributed by atoms with Gasteiger partial charge < -0.3 is 23.9 Å². The summed E-state index contributed by atoms with van der Waals surface area (Å²) >= 11 is 0. The molecule has 7 nitrogen and oxygen atoms in total. The van der Waals surface area contributed by atoms with E-state index >= 15 is 0 Å². The normalized spacial score (nSPS) is 11.1. The third-order valence-corrected chi connectivity index (χ3v) is 3.55. The lowest BCUT2D eigenvalue weighted by Gasteiger charge is -2.30. The Morgan fingerprint density at radius 1 is 1.04 bits per heavy atom. The number of oxime groups is 1. The first-order chi connectivity index (χ1) is 11.8. The Bertz CT molecular complexity index is 566. The van der Waals surface area contributed by atoms with Crippen molar-refractivity contribution >= 4 is 12.1 Å². The van der Waals surface area contributed by atoms with Crippen LogP contribution < -0.4 is 14.2 Å². The van der Waals surface area contributed by atoms with Gasteiger partial charge >= 0.3 is 0 Å². The van der Waals surface area contributed by atoms with Crippen molar-refractivity contribution in [2.45, 2.75) is 39.8 Å². The van der Waals surface area contributed by atoms with Crippen molar-refractivity contribution in [2.75, 3.05) is 27.9 Å². The molecular weight excluding hydrogens is 324 g/mol. The molecule has 1 amide bonds. The van der Waals surface area contributed by atoms with E-state index < -0.39 is 0 Å². The van der Waals surface area contributed by atoms with Gasteiger partial charge in [-0.3, -0.25) is 4.79 Å². The molecule has 0 aliphatic rings. The molecule has 0 heterocycles. The molecule has 7 heteroatoms. The van der Waals surface area contributed by atoms with E-state index in [1.54, 1.807) is 31.3 Å². The average molecular weight is 352 g/mol. The fraction of sp³-hybridized carbons (Fsp3) is 0.556. The zero-order chi connectivity index (χ0) is 19.0. The van der Waals surface area contributed by atoms with Crippen LogP contribution in [0.2, 0.25) is 0 Å². The quantitative estimate of drug-likeness (QED) is 0.505. The first-order valence-corrected chi connectivity index (χ1v) is 8.12. The monoisotopic (exact) mass is 352 g/mol. The van der Waals surface area contributed by atoms with Crippen LogP contribution in [0.15, 0.2) is 17.3 Å². The molecule has 0 radical (unpaired) electrons. The molecule has 0 saturated heterocycles. The molecule has 0 aliphatic heterocycles. The number of hydrogen-bond donors (Lipinski definition) is 0. The predicted molar refractivity (Wildman–Crippen MR) is 96.8 cm³/mol. The maximum Gasteiger partial charge on any atom is 0.263 e. The molecule has 0 atom stereocenters. The second kappa shape index (κ2) is 9.76. The highest BCUT2D eigenvalue weighted by atomic mass is 16.6. The molecule has 0 fully saturated rings. The molecular formula is C18H28N2O5. The predicted octanol–water partition coefficient (Wildman–Crippen LogP) is 2.71. The number of ether oxygens (including phenoxy) is 3. The number of methoxy groups -OCH3 is 3. The fourth-order valence-electron chi connectivity index (χ4n) is 2.61. The van der Waals surface area contributed by atoms with Gasteiger partial charge in [-0.15, -0.1) is 0 Å². The molecule has 1 aromatic carbocycles. The van der Waals surface area contributed by atoms with E-state index in [1.807, 2.05) is 27.7 Å². The van der Waals surface area contributed by atoms with Gasteiger partial charge in [0.15, 0.2) is 18.1 Å². The second-order valence-corrected chi connectivity index (χ2v) is 5.96. The number of benzene rings is 1. The van der Waals surface area contributed by atoms with E-state index in [1.165, 1.54) is 13.3 Å². The van der Waals surface area contributed by atoms with Crippen LogP contribution in [-0.2, 0) is 9.63 Å². The summed E-state index contributed by atoms with van der Waals surface area (Å²) in [5.41, 5.74) is 0.700. The molecule has 1 rings (SSSR count). The van der Waals surface area contributed by atoms with Crippen LogP contribution >= 0.6 is 0 Å². The Labute approximate surface area is 149 Å². The summed E-state index contributed by atoms with van der Waals surface area (Å²) in [4.78, 5) is 19.1. The van der Waals surface area contributed by atoms with Crippen molar-refractivity contribution in [3.05, 3.63) is 17.7 Å². The molecule has 0 saturated carbocycles. The third kappa shape index (κ3) is 5.55. The van der Waals surface area contributed by atoms with Crippen LogP contribution in [0.4, 0.5) is 0 Å². The van der Waals surface area contributed by atoms with Gasteiger partial charge in [0.2, 0.25) is 5.75 Å². The Hall–Kier alpha value is -2.44. The van der Waals surface area contributed by atoms with Crippen LogP contribution in [0, 0.1) is 0 Å². The Balaban J connectivity index is 2.78. The second-order valence-electron chi connectivity index (χ2n) is 5.96. The van der Waals surface area contributed by atoms with Gasteiger partial charge in [-0.2, -0.15) is 0 Å². The minimum atomic E-state index is -0.114. The van der Waals surface area contributed by atoms with Crippen LogP contribution in [0.3, 0.4) is 0 Å². The molecule has 0 bridgehead atoms. The van der Waals surface area contributed by atoms with Crippen molar-refractivity contribution in [1.29, 1.82) is 0 Å². The van der Waals surface area contributed by atoms with E-state index in [2.05, 4.69) is 5.16 Å². The molecule has 0 unspecified atom stereocenters. The van der Waals surface area contributed by atoms with E-state index in [9.17, 15) is 4.79 Å². The van der Waals surface area contributed by atoms with Crippen LogP contribution in [-0.4, -0.2) is 57.0 Å². The molecule has 0 aliphatic carbocycles. The Morgan fingerprint density at radius 2 is 1.56 bits per heavy atom. The number of carbonyl (C=O) groups is 1. The number of hydrogen-bond acceptors (Lipinski definition) is 6. The molecule has 0 spiro atoms. The first-order valence-electron chi connectivity index (χ1n) is 8.12. The van der Waals surface area contributed by atoms with Crippen LogP contribution in [0.5, 0.6) is 17.2 Å². The van der Waals surface area contributed by atoms with Gasteiger partial charge in [0.25, 0.3) is 5.91 Å². The number of amides is 1. The van der Waals surface area contributed by atoms with E-state index in [0.717, 1.165) is 0 Å². The van der Waals surface area contributed by atoms with E-state index in [-0.39, 0.29) is 24.6 Å². The lowest BCUT2D eigenvalue weighted by Crippen LogP contribution is -2.43. The van der Waals surface area contributed by atoms with E-state index in [4.69, 9.17) is 19.0 Å². The third-order valence-electron chi connectivity index (χ3n) is 3.55. The summed E-state index contributed by atoms with van der Waals surface area (Å²) in [5.74, 6) is 1.44. The summed E-state index contributed by atoms with van der Waals surface area (Å²) in [6.07, 6.45) is 1.49. The van der Waals surface area contributed by atoms with Crippen molar-refractivity contribution in [3.63, 3.8) is 0 Å². The van der Waals surface area contributed by atoms with Crippen molar-refractivity contribution in [1.82, 2.24) is 4.90 Å². The highest BCUT2D eigenvalue weighted by Crippen LogP contribution is 2.37. The summed E-state index contributed by atoms with van der Waals surface area (Å²) < 4.78 is 15.8. The minimum Gasteiger partial charge on any atom is -0.493 e. The van der Waals surface area contributed by atoms with Gasteiger partial charge in [0, 0.05) is 17.6 Å². The molecule has 1 aromatic rings. The van der Waals surface area contributed by atoms with Crippen molar-refractivity contribution in [3.8, 4) is 17.2 Å². The highest BCUT2D eigenvalue weighted by Gasteiger charge is 2.20. The van der Waals surface area contributed by atoms with Gasteiger partial charge in [-0.1, -0.05) is 5.16 Å². The van der Waals surface area contributed by atoms with Gasteiger partial charge in [0.1, 0.15) is 0 Å². The minimum absolute atomic E-state index is 0.105. The summed E-state index contributed by atoms with van der Waals surface area (Å²) in [6, 6.07) is 3.69. The topological polar surface area (TPSA) is 69.6 Å². The number of rotatable bonds is 9. The summed E-state index contributed by atoms with van der Waals surface area (Å²) in [5, 5.41) is 3.86. The van der Waals surface area contributed by atoms with Crippen LogP contribution in [0.1, 0.15) is 33.3 Å². The molecule has 25 heavy (non-hydrogen) atoms. The SMILES string of the molecule is COc1cc(/C=N\OCC(=O)N(C(C)C)C(C)C)cc(OC)c1OC. The zero-order valence-corrected chi connectivity index (χ0v) is 16.0. The number of carbonyl (C=O) groups excluding carboxylic acids is 1. The summed E-state index contributed by atoms with van der Waals surface area (Å²) in [7, 11) is 4.62. The fourth-order valence-corrected chi connectivity index (χ4v) is 2.61. The highest BCUT2D eigenvalue weighted by molar-refractivity contribution is 5.82. The van der Waals surface area contributed by atoms with Crippen molar-refractivity contribution in [2.24, 2.45) is 5.16 Å². The molecule has 0 aromatic heterocycles. The standard InChI is InChI=1S/C18H28N2O5/c1-12(2)20(13(3)4)17(21)11-25-19-10-14-8-15(22-5)18(24-7)16(9-14)23-6/h8-10,12-13H,11H2,1-7H3/b19-10-. The van der Waals surface area contributed by atoms with Gasteiger partial charge in [0.05, 0.1) is 27.5 Å². The van der Waals surface area contributed by atoms with E-state index in [0.29, 0.717) is 22.8 Å².